The number of aromatic nitrogens is 2. The molecule has 0 bridgehead atoms. The third-order valence-corrected chi connectivity index (χ3v) is 4.81. The Bertz CT molecular complexity index is 824. The van der Waals surface area contributed by atoms with Crippen LogP contribution in [0.25, 0.3) is 22.1 Å². The summed E-state index contributed by atoms with van der Waals surface area (Å²) in [5.41, 5.74) is 2.76. The standard InChI is InChI=1S/C18H21N3O/c1-3-15-19-16-13-9-4-5-10-14(13)22-17(16)18(20-15)21-11-7-6-8-12(21)2/h4-5,9-10,12H,3,6-8,11H2,1-2H3/p+1. The highest BCUT2D eigenvalue weighted by Gasteiger charge is 2.30. The van der Waals surface area contributed by atoms with Gasteiger partial charge >= 0.3 is 0 Å². The van der Waals surface area contributed by atoms with Crippen molar-refractivity contribution in [3.8, 4) is 0 Å². The number of nitrogens with one attached hydrogen (secondary N) is 1. The summed E-state index contributed by atoms with van der Waals surface area (Å²) in [5, 5.41) is 1.10. The molecular weight excluding hydrogens is 274 g/mol. The van der Waals surface area contributed by atoms with Gasteiger partial charge in [-0.2, -0.15) is 4.98 Å². The van der Waals surface area contributed by atoms with Crippen molar-refractivity contribution in [1.82, 2.24) is 9.97 Å². The van der Waals surface area contributed by atoms with Gasteiger partial charge in [0.15, 0.2) is 0 Å². The van der Waals surface area contributed by atoms with Crippen LogP contribution in [0.2, 0.25) is 0 Å². The van der Waals surface area contributed by atoms with Crippen molar-refractivity contribution in [2.24, 2.45) is 0 Å². The molecule has 0 saturated carbocycles. The fraction of sp³-hybridized carbons (Fsp3) is 0.444. The van der Waals surface area contributed by atoms with Crippen LogP contribution in [-0.2, 0) is 6.42 Å². The molecule has 3 heterocycles. The van der Waals surface area contributed by atoms with E-state index in [9.17, 15) is 0 Å². The monoisotopic (exact) mass is 296 g/mol. The first-order valence-electron chi connectivity index (χ1n) is 8.32. The van der Waals surface area contributed by atoms with Crippen LogP contribution in [0.4, 0.5) is 5.82 Å². The van der Waals surface area contributed by atoms with Gasteiger partial charge < -0.3 is 4.42 Å². The van der Waals surface area contributed by atoms with E-state index in [4.69, 9.17) is 14.4 Å². The summed E-state index contributed by atoms with van der Waals surface area (Å²) < 4.78 is 6.14. The fourth-order valence-electron chi connectivity index (χ4n) is 3.55. The smallest absolute Gasteiger partial charge is 0.273 e. The molecule has 2 unspecified atom stereocenters. The van der Waals surface area contributed by atoms with E-state index in [2.05, 4.69) is 19.9 Å². The van der Waals surface area contributed by atoms with Crippen LogP contribution in [0.1, 0.15) is 38.9 Å². The molecule has 3 aromatic rings. The van der Waals surface area contributed by atoms with Gasteiger partial charge in [-0.15, -0.1) is 0 Å². The number of rotatable bonds is 2. The van der Waals surface area contributed by atoms with E-state index < -0.39 is 0 Å². The predicted molar refractivity (Wildman–Crippen MR) is 87.5 cm³/mol. The Balaban J connectivity index is 1.99. The van der Waals surface area contributed by atoms with E-state index in [-0.39, 0.29) is 0 Å². The summed E-state index contributed by atoms with van der Waals surface area (Å²) in [7, 11) is 0. The number of piperidine rings is 1. The number of para-hydroxylation sites is 1. The first-order valence-corrected chi connectivity index (χ1v) is 8.32. The zero-order valence-corrected chi connectivity index (χ0v) is 13.2. The minimum atomic E-state index is 0.588. The highest BCUT2D eigenvalue weighted by molar-refractivity contribution is 6.04. The molecular formula is C18H22N3O+. The zero-order chi connectivity index (χ0) is 15.1. The minimum Gasteiger partial charge on any atom is -0.446 e. The summed E-state index contributed by atoms with van der Waals surface area (Å²) in [6.07, 6.45) is 4.68. The predicted octanol–water partition coefficient (Wildman–Crippen LogP) is 3.03. The summed E-state index contributed by atoms with van der Waals surface area (Å²) in [5.74, 6) is 1.98. The van der Waals surface area contributed by atoms with E-state index in [1.165, 1.54) is 24.2 Å². The van der Waals surface area contributed by atoms with E-state index in [0.29, 0.717) is 6.04 Å². The van der Waals surface area contributed by atoms with Crippen molar-refractivity contribution >= 4 is 27.9 Å². The van der Waals surface area contributed by atoms with Crippen LogP contribution in [0, 0.1) is 0 Å². The SMILES string of the molecule is CCc1nc([NH+]2CCCCC2C)c2oc3ccccc3c2n1. The number of nitrogens with zero attached hydrogens (tertiary/aromatic N) is 2. The van der Waals surface area contributed by atoms with Gasteiger partial charge in [0, 0.05) is 11.8 Å². The number of hydrogen-bond acceptors (Lipinski definition) is 3. The van der Waals surface area contributed by atoms with Crippen LogP contribution in [0.5, 0.6) is 0 Å². The number of aryl methyl sites for hydroxylation is 1. The van der Waals surface area contributed by atoms with E-state index in [0.717, 1.165) is 46.7 Å². The maximum Gasteiger partial charge on any atom is 0.273 e. The third-order valence-electron chi connectivity index (χ3n) is 4.81. The molecule has 2 atom stereocenters. The van der Waals surface area contributed by atoms with Crippen molar-refractivity contribution in [2.75, 3.05) is 6.54 Å². The maximum absolute atomic E-state index is 6.14. The van der Waals surface area contributed by atoms with Crippen molar-refractivity contribution in [3.05, 3.63) is 30.1 Å². The quantitative estimate of drug-likeness (QED) is 0.790. The Morgan fingerprint density at radius 2 is 2.09 bits per heavy atom. The molecule has 1 saturated heterocycles. The van der Waals surface area contributed by atoms with Gasteiger partial charge in [-0.3, -0.25) is 4.90 Å². The van der Waals surface area contributed by atoms with Crippen molar-refractivity contribution in [3.63, 3.8) is 0 Å². The normalized spacial score (nSPS) is 22.5. The molecule has 4 rings (SSSR count). The molecule has 0 spiro atoms. The molecule has 0 aliphatic carbocycles. The van der Waals surface area contributed by atoms with Gasteiger partial charge in [0.05, 0.1) is 12.6 Å². The number of quaternary nitrogens is 1. The number of hydrogen-bond donors (Lipinski definition) is 1. The number of benzene rings is 1. The molecule has 1 aliphatic rings. The maximum atomic E-state index is 6.14. The van der Waals surface area contributed by atoms with Crippen LogP contribution in [-0.4, -0.2) is 22.6 Å². The fourth-order valence-corrected chi connectivity index (χ4v) is 3.55. The van der Waals surface area contributed by atoms with Crippen LogP contribution in [0.3, 0.4) is 0 Å². The summed E-state index contributed by atoms with van der Waals surface area (Å²) >= 11 is 0. The highest BCUT2D eigenvalue weighted by Crippen LogP contribution is 2.30. The van der Waals surface area contributed by atoms with Gasteiger partial charge in [0.25, 0.3) is 5.82 Å². The second-order valence-electron chi connectivity index (χ2n) is 6.29. The molecule has 4 heteroatoms. The van der Waals surface area contributed by atoms with Gasteiger partial charge in [0.1, 0.15) is 16.9 Å². The molecule has 0 amide bonds. The third kappa shape index (κ3) is 2.10. The number of fused-ring (bicyclic) bond motifs is 3. The van der Waals surface area contributed by atoms with E-state index in [1.54, 1.807) is 0 Å². The Morgan fingerprint density at radius 1 is 1.23 bits per heavy atom. The summed E-state index contributed by atoms with van der Waals surface area (Å²) in [6.45, 7) is 5.56. The lowest BCUT2D eigenvalue weighted by molar-refractivity contribution is -0.865. The van der Waals surface area contributed by atoms with Crippen molar-refractivity contribution in [1.29, 1.82) is 0 Å². The Labute approximate surface area is 130 Å². The average molecular weight is 296 g/mol. The molecule has 2 aromatic heterocycles. The first-order chi connectivity index (χ1) is 10.8. The Kier molecular flexibility index (Phi) is 3.34. The number of furan rings is 1. The van der Waals surface area contributed by atoms with Crippen LogP contribution >= 0.6 is 0 Å². The minimum absolute atomic E-state index is 0.588. The molecule has 22 heavy (non-hydrogen) atoms. The Hall–Kier alpha value is -1.94. The molecule has 0 radical (unpaired) electrons. The average Bonchev–Trinajstić information content (AvgIpc) is 2.93. The molecule has 1 aromatic carbocycles. The highest BCUT2D eigenvalue weighted by atomic mass is 16.3. The Morgan fingerprint density at radius 3 is 2.91 bits per heavy atom. The van der Waals surface area contributed by atoms with E-state index in [1.807, 2.05) is 18.2 Å². The second kappa shape index (κ2) is 5.36. The van der Waals surface area contributed by atoms with Crippen LogP contribution in [0.15, 0.2) is 28.7 Å². The first kappa shape index (κ1) is 13.7. The van der Waals surface area contributed by atoms with Gasteiger partial charge in [-0.25, -0.2) is 4.98 Å². The molecule has 1 fully saturated rings. The summed E-state index contributed by atoms with van der Waals surface area (Å²) in [6, 6.07) is 8.74. The second-order valence-corrected chi connectivity index (χ2v) is 6.29. The molecule has 114 valence electrons. The van der Waals surface area contributed by atoms with Crippen molar-refractivity contribution < 1.29 is 9.32 Å². The zero-order valence-electron chi connectivity index (χ0n) is 13.2. The van der Waals surface area contributed by atoms with Crippen molar-refractivity contribution in [2.45, 2.75) is 45.6 Å². The van der Waals surface area contributed by atoms with Gasteiger partial charge in [-0.1, -0.05) is 19.1 Å². The van der Waals surface area contributed by atoms with Crippen LogP contribution < -0.4 is 4.90 Å². The lowest BCUT2D eigenvalue weighted by atomic mass is 10.0. The van der Waals surface area contributed by atoms with Gasteiger partial charge in [-0.05, 0) is 38.3 Å². The summed E-state index contributed by atoms with van der Waals surface area (Å²) in [4.78, 5) is 11.0. The lowest BCUT2D eigenvalue weighted by Gasteiger charge is -2.28. The van der Waals surface area contributed by atoms with Gasteiger partial charge in [0.2, 0.25) is 5.58 Å². The van der Waals surface area contributed by atoms with E-state index >= 15 is 0 Å². The molecule has 1 N–H and O–H groups in total. The topological polar surface area (TPSA) is 43.4 Å². The lowest BCUT2D eigenvalue weighted by Crippen LogP contribution is -3.12. The molecule has 4 nitrogen and oxygen atoms in total. The molecule has 1 aliphatic heterocycles. The largest absolute Gasteiger partial charge is 0.446 e.